The molecular formula is C18H21F2N3O2. The van der Waals surface area contributed by atoms with Gasteiger partial charge in [-0.25, -0.2) is 8.78 Å². The number of aromatic nitrogens is 2. The van der Waals surface area contributed by atoms with Crippen molar-refractivity contribution in [3.05, 3.63) is 52.3 Å². The first-order chi connectivity index (χ1) is 11.9. The van der Waals surface area contributed by atoms with Crippen molar-refractivity contribution < 1.29 is 18.7 Å². The van der Waals surface area contributed by atoms with Crippen molar-refractivity contribution in [1.29, 1.82) is 0 Å². The lowest BCUT2D eigenvalue weighted by molar-refractivity contribution is -0.132. The smallest absolute Gasteiger partial charge is 0.223 e. The van der Waals surface area contributed by atoms with Gasteiger partial charge in [-0.05, 0) is 49.9 Å². The van der Waals surface area contributed by atoms with Crippen LogP contribution in [-0.4, -0.2) is 38.8 Å². The summed E-state index contributed by atoms with van der Waals surface area (Å²) in [6, 6.07) is 3.18. The Bertz CT molecular complexity index is 771. The molecule has 0 saturated carbocycles. The van der Waals surface area contributed by atoms with E-state index in [0.717, 1.165) is 29.1 Å². The zero-order valence-corrected chi connectivity index (χ0v) is 14.2. The number of H-pyrrole nitrogens is 1. The van der Waals surface area contributed by atoms with E-state index in [1.54, 1.807) is 4.90 Å². The molecule has 25 heavy (non-hydrogen) atoms. The van der Waals surface area contributed by atoms with Crippen LogP contribution in [-0.2, 0) is 11.2 Å². The molecule has 7 heteroatoms. The number of β-amino-alcohol motifs (C(OH)–C–C–N with tert-alkyl or cyclic N) is 1. The van der Waals surface area contributed by atoms with Crippen LogP contribution in [0.4, 0.5) is 8.78 Å². The van der Waals surface area contributed by atoms with E-state index >= 15 is 0 Å². The zero-order chi connectivity index (χ0) is 18.1. The number of nitrogens with one attached hydrogen (secondary N) is 1. The van der Waals surface area contributed by atoms with Crippen LogP contribution in [0.3, 0.4) is 0 Å². The molecule has 2 aromatic rings. The number of likely N-dealkylation sites (tertiary alicyclic amines) is 1. The normalized spacial score (nSPS) is 20.3. The topological polar surface area (TPSA) is 69.2 Å². The molecule has 2 N–H and O–H groups in total. The number of rotatable bonds is 4. The fourth-order valence-electron chi connectivity index (χ4n) is 3.44. The standard InChI is InChI=1S/C18H21F2N3O2/c1-10-14(11(2)22-21-10)4-6-18(25)23-9-13(24)8-17(23)12-3-5-15(19)16(20)7-12/h3,5,7,13,17,24H,4,6,8-9H2,1-2H3,(H,21,22)/t13-,17-/m0/s1. The second kappa shape index (κ2) is 6.92. The lowest BCUT2D eigenvalue weighted by Gasteiger charge is -2.25. The van der Waals surface area contributed by atoms with Crippen molar-refractivity contribution >= 4 is 5.91 Å². The van der Waals surface area contributed by atoms with E-state index in [0.29, 0.717) is 18.4 Å². The van der Waals surface area contributed by atoms with Gasteiger partial charge >= 0.3 is 0 Å². The predicted molar refractivity (Wildman–Crippen MR) is 87.8 cm³/mol. The highest BCUT2D eigenvalue weighted by molar-refractivity contribution is 5.77. The fraction of sp³-hybridized carbons (Fsp3) is 0.444. The Morgan fingerprint density at radius 3 is 2.76 bits per heavy atom. The molecule has 0 bridgehead atoms. The Morgan fingerprint density at radius 1 is 1.36 bits per heavy atom. The number of halogens is 2. The van der Waals surface area contributed by atoms with E-state index in [4.69, 9.17) is 0 Å². The number of aliphatic hydroxyl groups is 1. The lowest BCUT2D eigenvalue weighted by atomic mass is 10.0. The summed E-state index contributed by atoms with van der Waals surface area (Å²) >= 11 is 0. The number of nitrogens with zero attached hydrogens (tertiary/aromatic N) is 2. The van der Waals surface area contributed by atoms with Gasteiger partial charge in [-0.2, -0.15) is 5.10 Å². The van der Waals surface area contributed by atoms with Gasteiger partial charge in [0.05, 0.1) is 17.8 Å². The summed E-state index contributed by atoms with van der Waals surface area (Å²) in [7, 11) is 0. The van der Waals surface area contributed by atoms with E-state index in [1.807, 2.05) is 13.8 Å². The molecule has 0 spiro atoms. The zero-order valence-electron chi connectivity index (χ0n) is 14.2. The average molecular weight is 349 g/mol. The Labute approximate surface area is 144 Å². The van der Waals surface area contributed by atoms with Crippen molar-refractivity contribution in [2.24, 2.45) is 0 Å². The quantitative estimate of drug-likeness (QED) is 0.891. The highest BCUT2D eigenvalue weighted by atomic mass is 19.2. The lowest BCUT2D eigenvalue weighted by Crippen LogP contribution is -2.32. The minimum atomic E-state index is -0.948. The molecule has 0 unspecified atom stereocenters. The summed E-state index contributed by atoms with van der Waals surface area (Å²) in [6.07, 6.45) is 0.471. The van der Waals surface area contributed by atoms with Crippen LogP contribution in [0.1, 0.15) is 41.4 Å². The number of hydrogen-bond donors (Lipinski definition) is 2. The van der Waals surface area contributed by atoms with Crippen molar-refractivity contribution in [3.63, 3.8) is 0 Å². The molecule has 1 amide bonds. The number of carbonyl (C=O) groups excluding carboxylic acids is 1. The van der Waals surface area contributed by atoms with E-state index in [1.165, 1.54) is 6.07 Å². The summed E-state index contributed by atoms with van der Waals surface area (Å²) in [4.78, 5) is 14.2. The number of hydrogen-bond acceptors (Lipinski definition) is 3. The Balaban J connectivity index is 1.74. The molecule has 0 radical (unpaired) electrons. The Hall–Kier alpha value is -2.28. The van der Waals surface area contributed by atoms with E-state index in [2.05, 4.69) is 10.2 Å². The molecule has 5 nitrogen and oxygen atoms in total. The van der Waals surface area contributed by atoms with Crippen molar-refractivity contribution in [2.45, 2.75) is 45.3 Å². The average Bonchev–Trinajstić information content (AvgIpc) is 3.11. The van der Waals surface area contributed by atoms with Crippen LogP contribution in [0.5, 0.6) is 0 Å². The van der Waals surface area contributed by atoms with E-state index in [-0.39, 0.29) is 18.9 Å². The maximum Gasteiger partial charge on any atom is 0.223 e. The number of aromatic amines is 1. The fourth-order valence-corrected chi connectivity index (χ4v) is 3.44. The number of amides is 1. The molecule has 1 aromatic heterocycles. The number of aryl methyl sites for hydroxylation is 2. The minimum absolute atomic E-state index is 0.119. The van der Waals surface area contributed by atoms with Gasteiger partial charge in [-0.3, -0.25) is 9.89 Å². The molecule has 1 fully saturated rings. The van der Waals surface area contributed by atoms with E-state index in [9.17, 15) is 18.7 Å². The molecule has 0 aliphatic carbocycles. The summed E-state index contributed by atoms with van der Waals surface area (Å²) < 4.78 is 26.7. The monoisotopic (exact) mass is 349 g/mol. The van der Waals surface area contributed by atoms with Crippen LogP contribution in [0, 0.1) is 25.5 Å². The second-order valence-corrected chi connectivity index (χ2v) is 6.54. The highest BCUT2D eigenvalue weighted by Crippen LogP contribution is 2.33. The van der Waals surface area contributed by atoms with Gasteiger partial charge in [0, 0.05) is 18.7 Å². The summed E-state index contributed by atoms with van der Waals surface area (Å²) in [6.45, 7) is 3.99. The third-order valence-electron chi connectivity index (χ3n) is 4.80. The van der Waals surface area contributed by atoms with Gasteiger partial charge in [0.1, 0.15) is 0 Å². The molecular weight excluding hydrogens is 328 g/mol. The predicted octanol–water partition coefficient (Wildman–Crippen LogP) is 2.57. The van der Waals surface area contributed by atoms with Crippen LogP contribution < -0.4 is 0 Å². The van der Waals surface area contributed by atoms with Gasteiger partial charge in [-0.1, -0.05) is 6.07 Å². The van der Waals surface area contributed by atoms with Crippen LogP contribution >= 0.6 is 0 Å². The summed E-state index contributed by atoms with van der Waals surface area (Å²) in [5.74, 6) is -1.99. The Morgan fingerprint density at radius 2 is 2.12 bits per heavy atom. The van der Waals surface area contributed by atoms with Crippen LogP contribution in [0.15, 0.2) is 18.2 Å². The molecule has 134 valence electrons. The number of benzene rings is 1. The minimum Gasteiger partial charge on any atom is -0.391 e. The highest BCUT2D eigenvalue weighted by Gasteiger charge is 2.35. The van der Waals surface area contributed by atoms with Gasteiger partial charge in [-0.15, -0.1) is 0 Å². The van der Waals surface area contributed by atoms with Crippen molar-refractivity contribution in [1.82, 2.24) is 15.1 Å². The van der Waals surface area contributed by atoms with Gasteiger partial charge in [0.2, 0.25) is 5.91 Å². The third-order valence-corrected chi connectivity index (χ3v) is 4.80. The number of carbonyl (C=O) groups is 1. The number of aliphatic hydroxyl groups excluding tert-OH is 1. The van der Waals surface area contributed by atoms with Gasteiger partial charge in [0.25, 0.3) is 0 Å². The Kier molecular flexibility index (Phi) is 4.85. The van der Waals surface area contributed by atoms with Gasteiger partial charge in [0.15, 0.2) is 11.6 Å². The second-order valence-electron chi connectivity index (χ2n) is 6.54. The molecule has 1 saturated heterocycles. The van der Waals surface area contributed by atoms with Crippen LogP contribution in [0.2, 0.25) is 0 Å². The first kappa shape index (κ1) is 17.5. The van der Waals surface area contributed by atoms with Crippen molar-refractivity contribution in [3.8, 4) is 0 Å². The van der Waals surface area contributed by atoms with Crippen LogP contribution in [0.25, 0.3) is 0 Å². The maximum atomic E-state index is 13.5. The molecule has 1 aliphatic heterocycles. The molecule has 3 rings (SSSR count). The van der Waals surface area contributed by atoms with Gasteiger partial charge < -0.3 is 10.0 Å². The SMILES string of the molecule is Cc1n[nH]c(C)c1CCC(=O)N1C[C@@H](O)C[C@H]1c1ccc(F)c(F)c1. The first-order valence-corrected chi connectivity index (χ1v) is 8.29. The first-order valence-electron chi connectivity index (χ1n) is 8.29. The molecule has 1 aliphatic rings. The molecule has 1 aromatic carbocycles. The summed E-state index contributed by atoms with van der Waals surface area (Å²) in [5.41, 5.74) is 3.31. The van der Waals surface area contributed by atoms with E-state index < -0.39 is 23.8 Å². The van der Waals surface area contributed by atoms with Crippen molar-refractivity contribution in [2.75, 3.05) is 6.54 Å². The molecule has 2 heterocycles. The summed E-state index contributed by atoms with van der Waals surface area (Å²) in [5, 5.41) is 17.0. The largest absolute Gasteiger partial charge is 0.391 e. The third kappa shape index (κ3) is 3.56. The molecule has 2 atom stereocenters. The maximum absolute atomic E-state index is 13.5.